The molecule has 0 aliphatic rings. The molecule has 1 aromatic heterocycles. The number of H-pyrrole nitrogens is 1. The van der Waals surface area contributed by atoms with E-state index in [4.69, 9.17) is 28.9 Å². The summed E-state index contributed by atoms with van der Waals surface area (Å²) in [7, 11) is -2.42. The predicted molar refractivity (Wildman–Crippen MR) is 80.6 cm³/mol. The highest BCUT2D eigenvalue weighted by Gasteiger charge is 2.26. The zero-order valence-corrected chi connectivity index (χ0v) is 13.6. The summed E-state index contributed by atoms with van der Waals surface area (Å²) >= 11 is 11.8. The first kappa shape index (κ1) is 16.0. The molecule has 0 aliphatic carbocycles. The molecule has 2 rings (SSSR count). The Morgan fingerprint density at radius 3 is 2.62 bits per heavy atom. The van der Waals surface area contributed by atoms with Gasteiger partial charge < -0.3 is 5.73 Å². The van der Waals surface area contributed by atoms with Gasteiger partial charge in [0, 0.05) is 7.05 Å². The van der Waals surface area contributed by atoms with Crippen molar-refractivity contribution in [1.29, 1.82) is 0 Å². The Labute approximate surface area is 132 Å². The molecule has 3 N–H and O–H groups in total. The highest BCUT2D eigenvalue weighted by molar-refractivity contribution is 7.89. The average molecular weight is 350 g/mol. The lowest BCUT2D eigenvalue weighted by molar-refractivity contribution is 0.457. The Morgan fingerprint density at radius 1 is 1.38 bits per heavy atom. The molecule has 0 radical (unpaired) electrons. The van der Waals surface area contributed by atoms with E-state index >= 15 is 0 Å². The van der Waals surface area contributed by atoms with Crippen LogP contribution in [-0.4, -0.2) is 35.0 Å². The molecule has 10 heteroatoms. The summed E-state index contributed by atoms with van der Waals surface area (Å²) < 4.78 is 26.1. The van der Waals surface area contributed by atoms with Crippen molar-refractivity contribution in [1.82, 2.24) is 19.5 Å². The van der Waals surface area contributed by atoms with Gasteiger partial charge in [0.1, 0.15) is 10.7 Å². The Kier molecular flexibility index (Phi) is 4.43. The van der Waals surface area contributed by atoms with Gasteiger partial charge >= 0.3 is 0 Å². The van der Waals surface area contributed by atoms with Gasteiger partial charge in [-0.1, -0.05) is 23.2 Å². The molecule has 0 saturated heterocycles. The van der Waals surface area contributed by atoms with E-state index in [1.807, 2.05) is 0 Å². The molecule has 7 nitrogen and oxygen atoms in total. The third kappa shape index (κ3) is 3.13. The number of aryl methyl sites for hydroxylation is 1. The van der Waals surface area contributed by atoms with Crippen LogP contribution in [0.4, 0.5) is 5.69 Å². The molecule has 2 aromatic rings. The molecular formula is C11H13Cl2N5O2S. The number of hydrogen-bond acceptors (Lipinski definition) is 5. The minimum absolute atomic E-state index is 0.00549. The largest absolute Gasteiger partial charge is 0.396 e. The third-order valence-corrected chi connectivity index (χ3v) is 5.48. The van der Waals surface area contributed by atoms with Crippen LogP contribution in [0.5, 0.6) is 0 Å². The molecular weight excluding hydrogens is 337 g/mol. The first-order valence-corrected chi connectivity index (χ1v) is 8.00. The Morgan fingerprint density at radius 2 is 2.05 bits per heavy atom. The van der Waals surface area contributed by atoms with Crippen LogP contribution >= 0.6 is 23.2 Å². The highest BCUT2D eigenvalue weighted by Crippen LogP contribution is 2.34. The molecule has 0 amide bonds. The topological polar surface area (TPSA) is 105 Å². The number of nitrogens with zero attached hydrogens (tertiary/aromatic N) is 3. The van der Waals surface area contributed by atoms with Crippen molar-refractivity contribution in [2.45, 2.75) is 18.4 Å². The summed E-state index contributed by atoms with van der Waals surface area (Å²) in [5.74, 6) is 0.959. The normalized spacial score (nSPS) is 12.0. The van der Waals surface area contributed by atoms with Crippen LogP contribution in [0.3, 0.4) is 0 Å². The second-order valence-corrected chi connectivity index (χ2v) is 7.17. The summed E-state index contributed by atoms with van der Waals surface area (Å²) in [6.45, 7) is 1.73. The van der Waals surface area contributed by atoms with E-state index in [0.717, 1.165) is 4.31 Å². The van der Waals surface area contributed by atoms with Crippen LogP contribution in [0.25, 0.3) is 0 Å². The number of halogens is 2. The Hall–Kier alpha value is -1.35. The van der Waals surface area contributed by atoms with Crippen LogP contribution in [0, 0.1) is 6.92 Å². The third-order valence-electron chi connectivity index (χ3n) is 2.79. The fourth-order valence-electron chi connectivity index (χ4n) is 1.66. The lowest BCUT2D eigenvalue weighted by Gasteiger charge is -2.17. The fraction of sp³-hybridized carbons (Fsp3) is 0.273. The number of nitrogen functional groups attached to an aromatic ring is 1. The van der Waals surface area contributed by atoms with Gasteiger partial charge in [0.15, 0.2) is 5.82 Å². The van der Waals surface area contributed by atoms with E-state index in [9.17, 15) is 8.42 Å². The minimum Gasteiger partial charge on any atom is -0.396 e. The second-order valence-electron chi connectivity index (χ2n) is 4.37. The smallest absolute Gasteiger partial charge is 0.244 e. The number of benzene rings is 1. The molecule has 1 heterocycles. The number of aromatic nitrogens is 3. The van der Waals surface area contributed by atoms with E-state index in [1.165, 1.54) is 19.2 Å². The summed E-state index contributed by atoms with van der Waals surface area (Å²) in [5, 5.41) is 6.65. The van der Waals surface area contributed by atoms with Crippen molar-refractivity contribution < 1.29 is 8.42 Å². The van der Waals surface area contributed by atoms with Gasteiger partial charge in [-0.15, -0.1) is 0 Å². The quantitative estimate of drug-likeness (QED) is 0.819. The van der Waals surface area contributed by atoms with Gasteiger partial charge in [0.2, 0.25) is 10.0 Å². The Balaban J connectivity index is 2.35. The van der Waals surface area contributed by atoms with E-state index in [1.54, 1.807) is 6.92 Å². The van der Waals surface area contributed by atoms with E-state index < -0.39 is 10.0 Å². The molecule has 21 heavy (non-hydrogen) atoms. The maximum atomic E-state index is 12.5. The van der Waals surface area contributed by atoms with Gasteiger partial charge in [-0.3, -0.25) is 5.10 Å². The van der Waals surface area contributed by atoms with Gasteiger partial charge in [-0.25, -0.2) is 13.4 Å². The molecule has 0 fully saturated rings. The molecule has 0 atom stereocenters. The monoisotopic (exact) mass is 349 g/mol. The van der Waals surface area contributed by atoms with Gasteiger partial charge in [0.05, 0.1) is 22.3 Å². The molecule has 0 unspecified atom stereocenters. The maximum Gasteiger partial charge on any atom is 0.244 e. The summed E-state index contributed by atoms with van der Waals surface area (Å²) in [6, 6.07) is 2.70. The molecule has 0 aliphatic heterocycles. The van der Waals surface area contributed by atoms with E-state index in [-0.39, 0.29) is 27.2 Å². The zero-order valence-electron chi connectivity index (χ0n) is 11.3. The molecule has 1 aromatic carbocycles. The van der Waals surface area contributed by atoms with Crippen LogP contribution in [0.2, 0.25) is 10.0 Å². The second kappa shape index (κ2) is 5.80. The average Bonchev–Trinajstić information content (AvgIpc) is 2.81. The van der Waals surface area contributed by atoms with Crippen molar-refractivity contribution in [3.05, 3.63) is 33.8 Å². The molecule has 0 spiro atoms. The number of nitrogens with two attached hydrogens (primary N) is 1. The number of nitrogens with one attached hydrogen (secondary N) is 1. The van der Waals surface area contributed by atoms with Gasteiger partial charge in [0.25, 0.3) is 0 Å². The molecule has 114 valence electrons. The fourth-order valence-corrected chi connectivity index (χ4v) is 3.52. The van der Waals surface area contributed by atoms with Crippen molar-refractivity contribution in [2.24, 2.45) is 0 Å². The lowest BCUT2D eigenvalue weighted by Crippen LogP contribution is -2.27. The number of hydrogen-bond donors (Lipinski definition) is 2. The van der Waals surface area contributed by atoms with Crippen molar-refractivity contribution in [3.63, 3.8) is 0 Å². The number of anilines is 1. The number of rotatable bonds is 4. The molecule has 0 bridgehead atoms. The first-order valence-electron chi connectivity index (χ1n) is 5.81. The predicted octanol–water partition coefficient (Wildman–Crippen LogP) is 1.82. The zero-order chi connectivity index (χ0) is 15.8. The summed E-state index contributed by atoms with van der Waals surface area (Å²) in [4.78, 5) is 3.95. The summed E-state index contributed by atoms with van der Waals surface area (Å²) in [5.41, 5.74) is 5.69. The van der Waals surface area contributed by atoms with Crippen LogP contribution < -0.4 is 5.73 Å². The SMILES string of the molecule is Cc1nc(CN(C)S(=O)(=O)c2ccc(Cl)c(N)c2Cl)n[nH]1. The highest BCUT2D eigenvalue weighted by atomic mass is 35.5. The van der Waals surface area contributed by atoms with Crippen molar-refractivity contribution in [3.8, 4) is 0 Å². The van der Waals surface area contributed by atoms with Crippen molar-refractivity contribution in [2.75, 3.05) is 12.8 Å². The summed E-state index contributed by atoms with van der Waals surface area (Å²) in [6.07, 6.45) is 0. The minimum atomic E-state index is -3.83. The standard InChI is InChI=1S/C11H13Cl2N5O2S/c1-6-15-9(17-16-6)5-18(2)21(19,20)8-4-3-7(12)11(14)10(8)13/h3-4H,5,14H2,1-2H3,(H,15,16,17). The van der Waals surface area contributed by atoms with Crippen LogP contribution in [0.15, 0.2) is 17.0 Å². The van der Waals surface area contributed by atoms with Crippen LogP contribution in [-0.2, 0) is 16.6 Å². The number of sulfonamides is 1. The van der Waals surface area contributed by atoms with Gasteiger partial charge in [-0.2, -0.15) is 9.40 Å². The van der Waals surface area contributed by atoms with Crippen molar-refractivity contribution >= 4 is 38.9 Å². The maximum absolute atomic E-state index is 12.5. The number of aromatic amines is 1. The van der Waals surface area contributed by atoms with E-state index in [0.29, 0.717) is 11.6 Å². The first-order chi connectivity index (χ1) is 9.73. The van der Waals surface area contributed by atoms with Gasteiger partial charge in [-0.05, 0) is 19.1 Å². The van der Waals surface area contributed by atoms with E-state index in [2.05, 4.69) is 15.2 Å². The molecule has 0 saturated carbocycles. The lowest BCUT2D eigenvalue weighted by atomic mass is 10.3. The Bertz CT molecular complexity index is 775. The van der Waals surface area contributed by atoms with Crippen LogP contribution in [0.1, 0.15) is 11.6 Å².